The Morgan fingerprint density at radius 2 is 1.02 bits per heavy atom. The van der Waals surface area contributed by atoms with Crippen LogP contribution in [0.25, 0.3) is 10.9 Å². The summed E-state index contributed by atoms with van der Waals surface area (Å²) in [6.07, 6.45) is -1.35. The molecule has 1 saturated heterocycles. The molecule has 47 nitrogen and oxygen atoms in total. The van der Waals surface area contributed by atoms with Crippen molar-refractivity contribution in [3.05, 3.63) is 71.9 Å². The van der Waals surface area contributed by atoms with Gasteiger partial charge in [0.2, 0.25) is 70.9 Å². The average molecular weight is 1790 g/mol. The molecular weight excluding hydrogens is 1660 g/mol. The fourth-order valence-corrected chi connectivity index (χ4v) is 13.1. The normalized spacial score (nSPS) is 15.3. The summed E-state index contributed by atoms with van der Waals surface area (Å²) < 4.78 is 47.9. The summed E-state index contributed by atoms with van der Waals surface area (Å²) in [5.41, 5.74) is 41.1. The number of H-pyrrole nitrogens is 1. The number of amides is 14. The molecule has 0 spiro atoms. The number of para-hydroxylation sites is 1. The number of hydrogen-bond acceptors (Lipinski definition) is 28. The van der Waals surface area contributed by atoms with Gasteiger partial charge in [0.1, 0.15) is 66.7 Å². The van der Waals surface area contributed by atoms with Crippen LogP contribution in [0, 0.1) is 17.8 Å². The third-order valence-corrected chi connectivity index (χ3v) is 20.4. The number of fused-ring (bicyclic) bond motifs is 1. The van der Waals surface area contributed by atoms with Crippen LogP contribution in [-0.4, -0.2) is 285 Å². The van der Waals surface area contributed by atoms with Crippen molar-refractivity contribution in [1.29, 1.82) is 0 Å². The van der Waals surface area contributed by atoms with Crippen molar-refractivity contribution in [2.75, 3.05) is 79.0 Å². The first-order valence-electron chi connectivity index (χ1n) is 40.7. The minimum Gasteiger partial charge on any atom is -0.394 e. The Morgan fingerprint density at radius 1 is 0.544 bits per heavy atom. The van der Waals surface area contributed by atoms with E-state index in [9.17, 15) is 81.0 Å². The summed E-state index contributed by atoms with van der Waals surface area (Å²) in [4.78, 5) is 221. The van der Waals surface area contributed by atoms with Crippen molar-refractivity contribution in [1.82, 2.24) is 73.8 Å². The molecule has 2 heterocycles. The fraction of sp³-hybridized carbons (Fsp3) is 0.597. The number of nitrogens with one attached hydrogen (secondary N) is 13. The summed E-state index contributed by atoms with van der Waals surface area (Å²) >= 11 is 0. The van der Waals surface area contributed by atoms with Crippen LogP contribution >= 0.6 is 0 Å². The lowest BCUT2D eigenvalue weighted by Crippen LogP contribution is -2.61. The van der Waals surface area contributed by atoms with Crippen molar-refractivity contribution in [3.63, 3.8) is 0 Å². The van der Waals surface area contributed by atoms with Crippen LogP contribution in [0.15, 0.2) is 70.8 Å². The average Bonchev–Trinajstić information content (AvgIpc) is 1.67. The molecule has 0 saturated carbocycles. The van der Waals surface area contributed by atoms with E-state index in [0.29, 0.717) is 28.5 Å². The summed E-state index contributed by atoms with van der Waals surface area (Å²) in [6, 6.07) is 0.704. The van der Waals surface area contributed by atoms with Gasteiger partial charge in [0, 0.05) is 49.5 Å². The Hall–Kier alpha value is -11.6. The smallest absolute Gasteiger partial charge is 0.335 e. The van der Waals surface area contributed by atoms with Crippen molar-refractivity contribution < 1.29 is 114 Å². The number of nitrogens with zero attached hydrogens (tertiary/aromatic N) is 3. The van der Waals surface area contributed by atoms with Crippen LogP contribution in [0.2, 0.25) is 0 Å². The molecule has 696 valence electrons. The number of aliphatic hydroxyl groups is 2. The second-order valence-electron chi connectivity index (χ2n) is 30.1. The van der Waals surface area contributed by atoms with Gasteiger partial charge in [0.25, 0.3) is 21.9 Å². The lowest BCUT2D eigenvalue weighted by atomic mass is 9.97. The Labute approximate surface area is 722 Å². The molecule has 48 heteroatoms. The molecule has 0 aliphatic carbocycles. The van der Waals surface area contributed by atoms with Gasteiger partial charge in [0.05, 0.1) is 72.2 Å². The number of aliphatic imine (C=N–C) groups is 2. The molecule has 30 N–H and O–H groups in total. The molecule has 1 aliphatic rings. The molecule has 3 aromatic rings. The fourth-order valence-electron chi connectivity index (χ4n) is 12.4. The topological polar surface area (TPSA) is 758 Å². The maximum absolute atomic E-state index is 15.0. The SMILES string of the molecule is CC[C@@H](C)[C@H](NC(=O)[C@H](CCCN=C(N)N)NC(=O)[C@@H](CCCNC(N)N)NC(=O)[C@H](Cc1ccccc1)NC(=O)[C@@H](CC(C)C)NC(=O)[C@H](CCCN=C(N)N)NC(=O)[C@@H](Cc1c[nH]c2ccccc12)NC(=O)CNC(=O)[C@@H](CO)NC(=O)[C@@H](NC(=O)CCOCCOCCOCCC(=O)ON1C(=O)CC(S(=O)(=O)O)C1=O)C(C)C)C(=O)N[C@@H](CO)C(N)=O. The molecular formula is C77H123N23O24S. The number of rotatable bonds is 60. The number of imide groups is 1. The number of carbonyl (C=O) groups is 15. The Balaban J connectivity index is 1.51. The number of guanidine groups is 2. The van der Waals surface area contributed by atoms with Crippen molar-refractivity contribution in [2.24, 2.45) is 67.9 Å². The van der Waals surface area contributed by atoms with Gasteiger partial charge in [-0.25, -0.2) is 4.79 Å². The van der Waals surface area contributed by atoms with Crippen LogP contribution in [0.5, 0.6) is 0 Å². The molecule has 1 fully saturated rings. The predicted octanol–water partition coefficient (Wildman–Crippen LogP) is -7.88. The first-order valence-corrected chi connectivity index (χ1v) is 42.2. The third kappa shape index (κ3) is 38.6. The van der Waals surface area contributed by atoms with E-state index in [1.54, 1.807) is 102 Å². The molecule has 1 aromatic heterocycles. The molecule has 4 rings (SSSR count). The van der Waals surface area contributed by atoms with Gasteiger partial charge in [-0.3, -0.25) is 87.0 Å². The van der Waals surface area contributed by atoms with Gasteiger partial charge in [-0.1, -0.05) is 96.5 Å². The van der Waals surface area contributed by atoms with E-state index in [-0.39, 0.29) is 146 Å². The number of hydroxylamine groups is 2. The quantitative estimate of drug-likeness (QED) is 0.00623. The highest BCUT2D eigenvalue weighted by Crippen LogP contribution is 2.22. The van der Waals surface area contributed by atoms with Gasteiger partial charge in [-0.2, -0.15) is 8.42 Å². The maximum Gasteiger partial charge on any atom is 0.335 e. The maximum atomic E-state index is 15.0. The zero-order valence-corrected chi connectivity index (χ0v) is 71.6. The number of aromatic amines is 1. The van der Waals surface area contributed by atoms with Gasteiger partial charge >= 0.3 is 5.97 Å². The summed E-state index contributed by atoms with van der Waals surface area (Å²) in [5.74, 6) is -16.6. The van der Waals surface area contributed by atoms with Gasteiger partial charge in [0.15, 0.2) is 17.2 Å². The number of primary amides is 1. The van der Waals surface area contributed by atoms with E-state index < -0.39 is 215 Å². The Kier molecular flexibility index (Phi) is 46.4. The zero-order chi connectivity index (χ0) is 93.0. The van der Waals surface area contributed by atoms with E-state index in [1.165, 1.54) is 0 Å². The molecule has 1 unspecified atom stereocenters. The largest absolute Gasteiger partial charge is 0.394 e. The number of hydrogen-bond donors (Lipinski definition) is 23. The number of benzene rings is 2. The number of nitrogens with two attached hydrogens (primary N) is 7. The van der Waals surface area contributed by atoms with E-state index >= 15 is 9.59 Å². The van der Waals surface area contributed by atoms with Crippen LogP contribution < -0.4 is 104 Å². The van der Waals surface area contributed by atoms with Crippen LogP contribution in [0.3, 0.4) is 0 Å². The summed E-state index contributed by atoms with van der Waals surface area (Å²) in [6.45, 7) is 7.11. The molecule has 0 bridgehead atoms. The molecule has 14 amide bonds. The van der Waals surface area contributed by atoms with Gasteiger partial charge in [-0.15, -0.1) is 5.06 Å². The predicted molar refractivity (Wildman–Crippen MR) is 450 cm³/mol. The van der Waals surface area contributed by atoms with Crippen molar-refractivity contribution >= 4 is 122 Å². The lowest BCUT2D eigenvalue weighted by Gasteiger charge is -2.29. The number of carbonyl (C=O) groups excluding carboxylic acids is 15. The van der Waals surface area contributed by atoms with Crippen molar-refractivity contribution in [3.8, 4) is 0 Å². The van der Waals surface area contributed by atoms with E-state index in [2.05, 4.69) is 83.6 Å². The first kappa shape index (κ1) is 106. The van der Waals surface area contributed by atoms with Gasteiger partial charge < -0.3 is 133 Å². The van der Waals surface area contributed by atoms with E-state index in [4.69, 9.17) is 58.9 Å². The van der Waals surface area contributed by atoms with E-state index in [0.717, 1.165) is 0 Å². The molecule has 0 radical (unpaired) electrons. The highest BCUT2D eigenvalue weighted by Gasteiger charge is 2.49. The Bertz CT molecular complexity index is 4260. The monoisotopic (exact) mass is 1790 g/mol. The first-order chi connectivity index (χ1) is 59.2. The summed E-state index contributed by atoms with van der Waals surface area (Å²) in [7, 11) is -4.90. The zero-order valence-electron chi connectivity index (χ0n) is 70.8. The third-order valence-electron chi connectivity index (χ3n) is 19.3. The number of aromatic nitrogens is 1. The molecule has 1 aliphatic heterocycles. The second-order valence-corrected chi connectivity index (χ2v) is 31.7. The van der Waals surface area contributed by atoms with E-state index in [1.807, 2.05) is 0 Å². The van der Waals surface area contributed by atoms with Crippen LogP contribution in [0.1, 0.15) is 123 Å². The van der Waals surface area contributed by atoms with Crippen molar-refractivity contribution in [2.45, 2.75) is 197 Å². The molecule has 125 heavy (non-hydrogen) atoms. The van der Waals surface area contributed by atoms with Crippen LogP contribution in [-0.2, 0) is 114 Å². The highest BCUT2D eigenvalue weighted by atomic mass is 32.2. The number of aliphatic hydroxyl groups excluding tert-OH is 2. The molecule has 2 aromatic carbocycles. The minimum atomic E-state index is -4.90. The number of ether oxygens (including phenoxy) is 3. The highest BCUT2D eigenvalue weighted by molar-refractivity contribution is 7.87. The Morgan fingerprint density at radius 3 is 1.54 bits per heavy atom. The van der Waals surface area contributed by atoms with Gasteiger partial charge in [-0.05, 0) is 86.4 Å². The minimum absolute atomic E-state index is 0.00895. The summed E-state index contributed by atoms with van der Waals surface area (Å²) in [5, 5.41) is 50.0. The molecule has 12 atom stereocenters. The lowest BCUT2D eigenvalue weighted by molar-refractivity contribution is -0.198. The van der Waals surface area contributed by atoms with Crippen LogP contribution in [0.4, 0.5) is 0 Å². The second kappa shape index (κ2) is 54.9. The standard InChI is InChI=1S/C77H123N23O24S/c1-7-44(6)63(73(116)96-55(40-101)64(78)107)99-68(111)51(22-15-27-87-77(83)84)91-66(109)49(20-13-25-85-75(79)80)92-70(113)53(35-45-16-9-8-10-17-45)95-69(112)52(34-42(2)3)94-67(110)50(21-14-26-86-76(81)82)93-71(114)54(36-46-38-88-48-19-12-11-18-47(46)48)90-59(104)39-89-65(108)56(41-102)97-72(115)62(43(4)5)98-58(103)23-28-121-30-32-123-33-31-122-29-24-61(106)124-100-60(105)37-57(74(100)117)125(118,119)120/h8-12,16-19,38,42-44,49-57,62-63,75,85,88,101-102H,7,13-15,20-37,39-41,79-80H2,1-6H3,(H2,78,107)(H,89,108)(H,90,104)(H,91,109)(H,92,113)(H,93,114)(H,94,110)(H,95,112)(H,96,116)(H,97,115)(H,98,103)(H,99,111)(H4,81,82,86)(H4,83,84,87)(H,118,119,120)/t44-,49-,50+,51+,52-,53+,54-,55+,56-,57?,62+,63+/m1/s1.